The maximum Gasteiger partial charge on any atom is 0.249 e. The van der Waals surface area contributed by atoms with E-state index in [4.69, 9.17) is 22.1 Å². The molecule has 4 aromatic rings. The van der Waals surface area contributed by atoms with Crippen LogP contribution in [0.2, 0.25) is 5.02 Å². The maximum atomic E-state index is 11.9. The normalized spacial score (nSPS) is 11.1. The second kappa shape index (κ2) is 5.76. The van der Waals surface area contributed by atoms with Gasteiger partial charge >= 0.3 is 0 Å². The molecule has 4 rings (SSSR count). The molecule has 5 heteroatoms. The third-order valence-electron chi connectivity index (χ3n) is 4.11. The van der Waals surface area contributed by atoms with E-state index in [1.807, 2.05) is 42.5 Å². The second-order valence-electron chi connectivity index (χ2n) is 5.70. The van der Waals surface area contributed by atoms with E-state index in [0.29, 0.717) is 22.1 Å². The highest BCUT2D eigenvalue weighted by Gasteiger charge is 2.23. The summed E-state index contributed by atoms with van der Waals surface area (Å²) in [7, 11) is 0. The van der Waals surface area contributed by atoms with Crippen molar-refractivity contribution in [3.63, 3.8) is 0 Å². The van der Waals surface area contributed by atoms with Gasteiger partial charge in [0.15, 0.2) is 0 Å². The fourth-order valence-electron chi connectivity index (χ4n) is 2.82. The largest absolute Gasteiger partial charge is 0.457 e. The molecule has 0 radical (unpaired) electrons. The van der Waals surface area contributed by atoms with Crippen molar-refractivity contribution in [2.24, 2.45) is 0 Å². The Kier molecular flexibility index (Phi) is 3.55. The lowest BCUT2D eigenvalue weighted by molar-refractivity contribution is 0.485. The summed E-state index contributed by atoms with van der Waals surface area (Å²) < 4.78 is 5.95. The van der Waals surface area contributed by atoms with E-state index < -0.39 is 10.9 Å². The highest BCUT2D eigenvalue weighted by molar-refractivity contribution is 6.30. The van der Waals surface area contributed by atoms with Gasteiger partial charge in [-0.15, -0.1) is 0 Å². The Labute approximate surface area is 147 Å². The second-order valence-corrected chi connectivity index (χ2v) is 6.13. The smallest absolute Gasteiger partial charge is 0.249 e. The predicted octanol–water partition coefficient (Wildman–Crippen LogP) is 4.13. The third-order valence-corrected chi connectivity index (χ3v) is 4.34. The molecule has 0 atom stereocenters. The van der Waals surface area contributed by atoms with E-state index in [0.717, 1.165) is 10.8 Å². The molecule has 0 aliphatic heterocycles. The van der Waals surface area contributed by atoms with E-state index in [-0.39, 0.29) is 11.3 Å². The molecule has 2 N–H and O–H groups in total. The van der Waals surface area contributed by atoms with Crippen molar-refractivity contribution in [2.75, 3.05) is 5.73 Å². The van der Waals surface area contributed by atoms with Crippen LogP contribution >= 0.6 is 11.6 Å². The standard InChI is InChI=1S/C20H12ClNO3/c21-13-6-8-15(17-18(22)20(24)19(17)23)16(10-13)25-14-7-5-11-3-1-2-4-12(11)9-14/h1-10H,22H2. The maximum absolute atomic E-state index is 11.9. The van der Waals surface area contributed by atoms with Crippen LogP contribution in [-0.4, -0.2) is 0 Å². The van der Waals surface area contributed by atoms with E-state index in [9.17, 15) is 9.59 Å². The summed E-state index contributed by atoms with van der Waals surface area (Å²) in [6, 6.07) is 18.4. The fraction of sp³-hybridized carbons (Fsp3) is 0. The zero-order chi connectivity index (χ0) is 17.6. The molecule has 0 unspecified atom stereocenters. The molecule has 0 saturated carbocycles. The first-order valence-corrected chi connectivity index (χ1v) is 7.98. The number of hydrogen-bond acceptors (Lipinski definition) is 4. The molecule has 0 amide bonds. The number of hydrogen-bond donors (Lipinski definition) is 1. The number of benzene rings is 3. The van der Waals surface area contributed by atoms with Crippen molar-refractivity contribution in [3.8, 4) is 22.6 Å². The zero-order valence-corrected chi connectivity index (χ0v) is 13.7. The molecule has 4 nitrogen and oxygen atoms in total. The van der Waals surface area contributed by atoms with Gasteiger partial charge in [-0.2, -0.15) is 0 Å². The molecule has 0 saturated heterocycles. The number of anilines is 1. The Morgan fingerprint density at radius 3 is 2.36 bits per heavy atom. The molecular weight excluding hydrogens is 338 g/mol. The number of nitrogens with two attached hydrogens (primary N) is 1. The molecule has 0 aromatic heterocycles. The third kappa shape index (κ3) is 2.57. The molecule has 0 heterocycles. The lowest BCUT2D eigenvalue weighted by atomic mass is 9.98. The van der Waals surface area contributed by atoms with Crippen molar-refractivity contribution >= 4 is 28.1 Å². The van der Waals surface area contributed by atoms with Gasteiger partial charge in [0.05, 0.1) is 11.3 Å². The van der Waals surface area contributed by atoms with Gasteiger partial charge in [-0.3, -0.25) is 9.59 Å². The van der Waals surface area contributed by atoms with E-state index in [1.54, 1.807) is 18.2 Å². The van der Waals surface area contributed by atoms with Crippen LogP contribution in [0.1, 0.15) is 0 Å². The molecular formula is C20H12ClNO3. The van der Waals surface area contributed by atoms with Crippen molar-refractivity contribution in [1.82, 2.24) is 0 Å². The van der Waals surface area contributed by atoms with Crippen molar-refractivity contribution in [2.45, 2.75) is 0 Å². The van der Waals surface area contributed by atoms with E-state index in [1.165, 1.54) is 0 Å². The van der Waals surface area contributed by atoms with Crippen LogP contribution < -0.4 is 21.3 Å². The lowest BCUT2D eigenvalue weighted by Gasteiger charge is -2.14. The molecule has 0 aliphatic rings. The van der Waals surface area contributed by atoms with Crippen molar-refractivity contribution < 1.29 is 4.74 Å². The Morgan fingerprint density at radius 2 is 1.60 bits per heavy atom. The molecule has 25 heavy (non-hydrogen) atoms. The Morgan fingerprint density at radius 1 is 0.840 bits per heavy atom. The summed E-state index contributed by atoms with van der Waals surface area (Å²) in [6.07, 6.45) is 0. The number of halogens is 1. The molecule has 4 aromatic carbocycles. The average Bonchev–Trinajstić information content (AvgIpc) is 2.63. The van der Waals surface area contributed by atoms with Gasteiger partial charge in [-0.05, 0) is 35.0 Å². The van der Waals surface area contributed by atoms with Gasteiger partial charge in [0, 0.05) is 16.7 Å². The summed E-state index contributed by atoms with van der Waals surface area (Å²) in [4.78, 5) is 23.3. The number of fused-ring (bicyclic) bond motifs is 1. The van der Waals surface area contributed by atoms with Gasteiger partial charge in [0.25, 0.3) is 0 Å². The highest BCUT2D eigenvalue weighted by atomic mass is 35.5. The minimum absolute atomic E-state index is 0.0457. The first-order valence-electron chi connectivity index (χ1n) is 7.60. The van der Waals surface area contributed by atoms with Gasteiger partial charge in [-0.1, -0.05) is 41.9 Å². The number of ether oxygens (including phenoxy) is 1. The summed E-state index contributed by atoms with van der Waals surface area (Å²) in [5, 5.41) is 2.57. The van der Waals surface area contributed by atoms with Gasteiger partial charge in [0.1, 0.15) is 11.5 Å². The Bertz CT molecular complexity index is 1190. The van der Waals surface area contributed by atoms with Crippen LogP contribution in [0.4, 0.5) is 5.69 Å². The van der Waals surface area contributed by atoms with Crippen molar-refractivity contribution in [1.29, 1.82) is 0 Å². The zero-order valence-electron chi connectivity index (χ0n) is 13.0. The molecule has 0 aliphatic carbocycles. The van der Waals surface area contributed by atoms with Crippen LogP contribution in [-0.2, 0) is 0 Å². The first-order chi connectivity index (χ1) is 12.0. The SMILES string of the molecule is Nc1c(-c2ccc(Cl)cc2Oc2ccc3ccccc3c2)c(=O)c1=O. The van der Waals surface area contributed by atoms with E-state index in [2.05, 4.69) is 0 Å². The molecule has 0 fully saturated rings. The van der Waals surface area contributed by atoms with Crippen LogP contribution in [0.5, 0.6) is 11.5 Å². The van der Waals surface area contributed by atoms with Gasteiger partial charge < -0.3 is 10.5 Å². The van der Waals surface area contributed by atoms with Crippen LogP contribution in [0.25, 0.3) is 21.9 Å². The first kappa shape index (κ1) is 15.4. The average molecular weight is 350 g/mol. The Balaban J connectivity index is 1.81. The molecule has 0 spiro atoms. The summed E-state index contributed by atoms with van der Waals surface area (Å²) in [6.45, 7) is 0. The fourth-order valence-corrected chi connectivity index (χ4v) is 2.98. The summed E-state index contributed by atoms with van der Waals surface area (Å²) in [5.74, 6) is 0.973. The van der Waals surface area contributed by atoms with Crippen LogP contribution in [0, 0.1) is 0 Å². The van der Waals surface area contributed by atoms with Gasteiger partial charge in [0.2, 0.25) is 10.9 Å². The monoisotopic (exact) mass is 349 g/mol. The van der Waals surface area contributed by atoms with E-state index >= 15 is 0 Å². The minimum Gasteiger partial charge on any atom is -0.457 e. The predicted molar refractivity (Wildman–Crippen MR) is 100 cm³/mol. The minimum atomic E-state index is -0.665. The number of rotatable bonds is 3. The summed E-state index contributed by atoms with van der Waals surface area (Å²) in [5.41, 5.74) is 5.00. The van der Waals surface area contributed by atoms with Crippen LogP contribution in [0.3, 0.4) is 0 Å². The van der Waals surface area contributed by atoms with Crippen molar-refractivity contribution in [3.05, 3.63) is 86.1 Å². The highest BCUT2D eigenvalue weighted by Crippen LogP contribution is 2.37. The topological polar surface area (TPSA) is 69.4 Å². The van der Waals surface area contributed by atoms with Gasteiger partial charge in [-0.25, -0.2) is 0 Å². The molecule has 122 valence electrons. The lowest BCUT2D eigenvalue weighted by Crippen LogP contribution is -2.35. The molecule has 0 bridgehead atoms. The summed E-state index contributed by atoms with van der Waals surface area (Å²) >= 11 is 6.07. The quantitative estimate of drug-likeness (QED) is 0.564. The van der Waals surface area contributed by atoms with Crippen LogP contribution in [0.15, 0.2) is 70.3 Å². The number of nitrogen functional groups attached to an aromatic ring is 1. The Hall–Kier alpha value is -3.11.